The van der Waals surface area contributed by atoms with Gasteiger partial charge in [0.25, 0.3) is 0 Å². The van der Waals surface area contributed by atoms with E-state index in [1.807, 2.05) is 55.4 Å². The zero-order valence-electron chi connectivity index (χ0n) is 19.9. The number of rotatable bonds is 8. The predicted molar refractivity (Wildman–Crippen MR) is 133 cm³/mol. The van der Waals surface area contributed by atoms with Gasteiger partial charge in [0.05, 0.1) is 15.4 Å². The predicted octanol–water partition coefficient (Wildman–Crippen LogP) is 5.26. The molecule has 1 aromatic carbocycles. The number of thioether (sulfide) groups is 2. The molecule has 0 bridgehead atoms. The highest BCUT2D eigenvalue weighted by Gasteiger charge is 2.41. The summed E-state index contributed by atoms with van der Waals surface area (Å²) in [5.41, 5.74) is 12.0. The van der Waals surface area contributed by atoms with Crippen molar-refractivity contribution in [3.63, 3.8) is 0 Å². The molecule has 5 nitrogen and oxygen atoms in total. The summed E-state index contributed by atoms with van der Waals surface area (Å²) in [5, 5.41) is 10.4. The summed E-state index contributed by atoms with van der Waals surface area (Å²) < 4.78 is -0.768. The third kappa shape index (κ3) is 6.85. The van der Waals surface area contributed by atoms with Crippen LogP contribution in [0.5, 0.6) is 5.75 Å². The summed E-state index contributed by atoms with van der Waals surface area (Å²) in [4.78, 5) is 27.9. The third-order valence-corrected chi connectivity index (χ3v) is 7.36. The van der Waals surface area contributed by atoms with Gasteiger partial charge in [-0.2, -0.15) is 0 Å². The SMILES string of the molecule is CC(C)(N)CC(C)(C)SC1=C(SC(C)(C)CC(C)(C)N)C(=O)c2c(O)cccc2C1=O. The molecule has 1 aromatic rings. The monoisotopic (exact) mass is 464 g/mol. The van der Waals surface area contributed by atoms with Gasteiger partial charge in [-0.15, -0.1) is 23.5 Å². The van der Waals surface area contributed by atoms with E-state index in [0.717, 1.165) is 0 Å². The molecule has 7 heteroatoms. The average molecular weight is 465 g/mol. The number of carbonyl (C=O) groups is 2. The van der Waals surface area contributed by atoms with Crippen LogP contribution in [-0.2, 0) is 0 Å². The number of phenols is 1. The molecule has 0 amide bonds. The van der Waals surface area contributed by atoms with Gasteiger partial charge in [-0.25, -0.2) is 0 Å². The summed E-state index contributed by atoms with van der Waals surface area (Å²) in [6.45, 7) is 15.9. The molecule has 0 spiro atoms. The smallest absolute Gasteiger partial charge is 0.205 e. The number of allylic oxidation sites excluding steroid dienone is 2. The van der Waals surface area contributed by atoms with Crippen LogP contribution in [0, 0.1) is 0 Å². The lowest BCUT2D eigenvalue weighted by Crippen LogP contribution is -2.40. The highest BCUT2D eigenvalue weighted by Crippen LogP contribution is 2.49. The fraction of sp³-hybridized carbons (Fsp3) is 0.583. The van der Waals surface area contributed by atoms with Gasteiger partial charge in [-0.05, 0) is 52.7 Å². The highest BCUT2D eigenvalue weighted by molar-refractivity contribution is 8.09. The van der Waals surface area contributed by atoms with Gasteiger partial charge in [0.15, 0.2) is 0 Å². The van der Waals surface area contributed by atoms with Crippen molar-refractivity contribution in [1.82, 2.24) is 0 Å². The van der Waals surface area contributed by atoms with Crippen molar-refractivity contribution in [3.8, 4) is 5.75 Å². The van der Waals surface area contributed by atoms with E-state index in [1.54, 1.807) is 12.1 Å². The van der Waals surface area contributed by atoms with Crippen LogP contribution in [0.3, 0.4) is 0 Å². The number of hydrogen-bond acceptors (Lipinski definition) is 7. The number of Topliss-reactive ketones (excluding diaryl/α,β-unsaturated/α-hetero) is 2. The van der Waals surface area contributed by atoms with Crippen molar-refractivity contribution >= 4 is 35.1 Å². The number of fused-ring (bicyclic) bond motifs is 1. The Balaban J connectivity index is 2.60. The first-order chi connectivity index (χ1) is 13.8. The molecule has 0 aromatic heterocycles. The number of hydrogen-bond donors (Lipinski definition) is 3. The molecule has 172 valence electrons. The molecular formula is C24H36N2O3S2. The van der Waals surface area contributed by atoms with E-state index in [1.165, 1.54) is 29.6 Å². The Labute approximate surface area is 194 Å². The minimum atomic E-state index is -0.436. The summed E-state index contributed by atoms with van der Waals surface area (Å²) in [6, 6.07) is 4.64. The fourth-order valence-electron chi connectivity index (χ4n) is 4.41. The zero-order chi connectivity index (χ0) is 24.0. The first-order valence-electron chi connectivity index (χ1n) is 10.4. The molecule has 0 atom stereocenters. The molecule has 0 heterocycles. The normalized spacial score (nSPS) is 16.1. The Bertz CT molecular complexity index is 920. The molecule has 0 unspecified atom stereocenters. The van der Waals surface area contributed by atoms with Crippen LogP contribution in [0.25, 0.3) is 0 Å². The van der Waals surface area contributed by atoms with Gasteiger partial charge in [-0.3, -0.25) is 9.59 Å². The molecule has 0 aliphatic heterocycles. The van der Waals surface area contributed by atoms with Crippen molar-refractivity contribution in [1.29, 1.82) is 0 Å². The van der Waals surface area contributed by atoms with Gasteiger partial charge in [0.1, 0.15) is 5.75 Å². The van der Waals surface area contributed by atoms with Gasteiger partial charge in [0, 0.05) is 26.1 Å². The van der Waals surface area contributed by atoms with Crippen molar-refractivity contribution in [2.45, 2.75) is 88.8 Å². The fourth-order valence-corrected chi connectivity index (χ4v) is 7.43. The maximum Gasteiger partial charge on any atom is 0.205 e. The Morgan fingerprint density at radius 1 is 0.774 bits per heavy atom. The number of nitrogens with two attached hydrogens (primary N) is 2. The summed E-state index contributed by atoms with van der Waals surface area (Å²) in [6.07, 6.45) is 1.29. The van der Waals surface area contributed by atoms with Crippen LogP contribution in [0.4, 0.5) is 0 Å². The van der Waals surface area contributed by atoms with Crippen LogP contribution in [0.1, 0.15) is 88.9 Å². The number of phenolic OH excluding ortho intramolecular Hbond substituents is 1. The third-order valence-electron chi connectivity index (χ3n) is 4.65. The number of benzene rings is 1. The van der Waals surface area contributed by atoms with Gasteiger partial charge in [-0.1, -0.05) is 33.8 Å². The Kier molecular flexibility index (Phi) is 7.19. The Hall–Kier alpha value is -1.28. The van der Waals surface area contributed by atoms with Gasteiger partial charge >= 0.3 is 0 Å². The second-order valence-corrected chi connectivity index (χ2v) is 14.5. The lowest BCUT2D eigenvalue weighted by Gasteiger charge is -2.36. The minimum absolute atomic E-state index is 0.0825. The largest absolute Gasteiger partial charge is 0.507 e. The molecule has 1 aliphatic rings. The summed E-state index contributed by atoms with van der Waals surface area (Å²) in [7, 11) is 0. The molecule has 0 radical (unpaired) electrons. The Morgan fingerprint density at radius 2 is 1.19 bits per heavy atom. The number of ketones is 2. The molecule has 0 saturated heterocycles. The van der Waals surface area contributed by atoms with Gasteiger partial charge in [0.2, 0.25) is 11.6 Å². The van der Waals surface area contributed by atoms with E-state index >= 15 is 0 Å². The molecule has 0 fully saturated rings. The van der Waals surface area contributed by atoms with E-state index in [0.29, 0.717) is 22.7 Å². The van der Waals surface area contributed by atoms with Crippen LogP contribution >= 0.6 is 23.5 Å². The molecule has 31 heavy (non-hydrogen) atoms. The number of aromatic hydroxyl groups is 1. The van der Waals surface area contributed by atoms with E-state index < -0.39 is 15.8 Å². The van der Waals surface area contributed by atoms with Crippen molar-refractivity contribution in [2.24, 2.45) is 11.5 Å². The molecular weight excluding hydrogens is 428 g/mol. The van der Waals surface area contributed by atoms with Crippen molar-refractivity contribution in [3.05, 3.63) is 39.1 Å². The summed E-state index contributed by atoms with van der Waals surface area (Å²) >= 11 is 2.76. The molecule has 2 rings (SSSR count). The summed E-state index contributed by atoms with van der Waals surface area (Å²) in [5.74, 6) is -0.716. The first kappa shape index (κ1) is 26.0. The maximum absolute atomic E-state index is 13.5. The van der Waals surface area contributed by atoms with E-state index in [-0.39, 0.29) is 33.2 Å². The lowest BCUT2D eigenvalue weighted by atomic mass is 9.93. The van der Waals surface area contributed by atoms with Crippen LogP contribution < -0.4 is 11.5 Å². The molecule has 0 saturated carbocycles. The highest BCUT2D eigenvalue weighted by atomic mass is 32.2. The maximum atomic E-state index is 13.5. The molecule has 1 aliphatic carbocycles. The first-order valence-corrected chi connectivity index (χ1v) is 12.1. The van der Waals surface area contributed by atoms with Crippen LogP contribution in [0.2, 0.25) is 0 Å². The molecule has 5 N–H and O–H groups in total. The minimum Gasteiger partial charge on any atom is -0.507 e. The van der Waals surface area contributed by atoms with E-state index in [9.17, 15) is 14.7 Å². The standard InChI is InChI=1S/C24H36N2O3S2/c1-21(2,25)12-23(5,6)30-19-17(28)14-10-9-11-15(27)16(14)18(29)20(19)31-24(7,8)13-22(3,4)26/h9-11,27H,12-13,25-26H2,1-8H3. The second kappa shape index (κ2) is 8.58. The average Bonchev–Trinajstić information content (AvgIpc) is 2.51. The van der Waals surface area contributed by atoms with Gasteiger partial charge < -0.3 is 16.6 Å². The zero-order valence-corrected chi connectivity index (χ0v) is 21.5. The lowest BCUT2D eigenvalue weighted by molar-refractivity contribution is 0.0985. The Morgan fingerprint density at radius 3 is 1.61 bits per heavy atom. The van der Waals surface area contributed by atoms with Crippen LogP contribution in [0.15, 0.2) is 28.0 Å². The topological polar surface area (TPSA) is 106 Å². The van der Waals surface area contributed by atoms with Crippen molar-refractivity contribution < 1.29 is 14.7 Å². The quantitative estimate of drug-likeness (QED) is 0.481. The number of carbonyl (C=O) groups excluding carboxylic acids is 2. The van der Waals surface area contributed by atoms with Crippen molar-refractivity contribution in [2.75, 3.05) is 0 Å². The van der Waals surface area contributed by atoms with E-state index in [2.05, 4.69) is 0 Å². The second-order valence-electron chi connectivity index (χ2n) is 11.1. The van der Waals surface area contributed by atoms with E-state index in [4.69, 9.17) is 11.5 Å². The van der Waals surface area contributed by atoms with Crippen LogP contribution in [-0.4, -0.2) is 37.2 Å².